The zero-order chi connectivity index (χ0) is 30.2. The molecule has 0 saturated carbocycles. The van der Waals surface area contributed by atoms with E-state index in [1.165, 1.54) is 22.7 Å². The summed E-state index contributed by atoms with van der Waals surface area (Å²) in [6.45, 7) is 0. The molecule has 1 amide bonds. The van der Waals surface area contributed by atoms with E-state index in [2.05, 4.69) is 0 Å². The molecule has 3 heterocycles. The van der Waals surface area contributed by atoms with Gasteiger partial charge >= 0.3 is 5.97 Å². The fourth-order valence-electron chi connectivity index (χ4n) is 4.82. The van der Waals surface area contributed by atoms with Gasteiger partial charge in [0, 0.05) is 17.2 Å². The number of hydrogen-bond acceptors (Lipinski definition) is 8. The summed E-state index contributed by atoms with van der Waals surface area (Å²) in [5.74, 6) is -5.28. The van der Waals surface area contributed by atoms with Gasteiger partial charge in [-0.2, -0.15) is 0 Å². The van der Waals surface area contributed by atoms with Crippen molar-refractivity contribution in [1.29, 1.82) is 0 Å². The lowest BCUT2D eigenvalue weighted by atomic mass is 10.0. The van der Waals surface area contributed by atoms with Gasteiger partial charge in [-0.1, -0.05) is 72.4 Å². The molecule has 6 rings (SSSR count). The molecule has 2 aliphatic rings. The summed E-state index contributed by atoms with van der Waals surface area (Å²) < 4.78 is 47.9. The predicted molar refractivity (Wildman–Crippen MR) is 162 cm³/mol. The second kappa shape index (κ2) is 12.0. The highest BCUT2D eigenvalue weighted by Gasteiger charge is 2.52. The zero-order valence-corrected chi connectivity index (χ0v) is 24.5. The summed E-state index contributed by atoms with van der Waals surface area (Å²) in [5.41, 5.74) is 7.42. The number of amides is 1. The highest BCUT2D eigenvalue weighted by atomic mass is 32.2. The van der Waals surface area contributed by atoms with E-state index in [4.69, 9.17) is 10.5 Å². The van der Waals surface area contributed by atoms with Gasteiger partial charge in [0.25, 0.3) is 0 Å². The van der Waals surface area contributed by atoms with Crippen LogP contribution in [-0.4, -0.2) is 33.9 Å². The number of ether oxygens (including phenoxy) is 1. The highest BCUT2D eigenvalue weighted by molar-refractivity contribution is 8.04. The molecule has 1 fully saturated rings. The molecule has 2 atom stereocenters. The van der Waals surface area contributed by atoms with E-state index in [0.29, 0.717) is 21.6 Å². The van der Waals surface area contributed by atoms with Crippen LogP contribution in [0.1, 0.15) is 17.2 Å². The normalized spacial score (nSPS) is 18.3. The maximum absolute atomic E-state index is 14.4. The lowest BCUT2D eigenvalue weighted by Crippen LogP contribution is -2.68. The van der Waals surface area contributed by atoms with Crippen molar-refractivity contribution in [3.8, 4) is 0 Å². The maximum Gasteiger partial charge on any atom is 0.356 e. The minimum atomic E-state index is -1.65. The molecule has 12 heteroatoms. The van der Waals surface area contributed by atoms with E-state index in [1.807, 2.05) is 60.7 Å². The largest absolute Gasteiger partial charge is 0.448 e. The molecule has 0 aliphatic carbocycles. The standard InChI is InChI=1S/C31H21F3N2O4S3/c32-20-13-19-21(37)14-22(43-28(19)24(34)23(20)33)41-12-11-18-15-42-30-25(35)29(38)36(30)26(18)31(39)40-27(16-7-3-1-4-8-16)17-9-5-2-6-10-17/h1-14,25,27,30H,15,35H2/t25-,30+/m1/s1. The number of halogens is 3. The van der Waals surface area contributed by atoms with E-state index >= 15 is 0 Å². The lowest BCUT2D eigenvalue weighted by molar-refractivity contribution is -0.153. The number of hydrogen-bond donors (Lipinski definition) is 1. The van der Waals surface area contributed by atoms with Crippen molar-refractivity contribution in [2.75, 3.05) is 5.75 Å². The summed E-state index contributed by atoms with van der Waals surface area (Å²) in [5, 5.41) is 0.904. The van der Waals surface area contributed by atoms with Crippen LogP contribution in [-0.2, 0) is 14.3 Å². The molecule has 0 bridgehead atoms. The van der Waals surface area contributed by atoms with Crippen LogP contribution in [0.3, 0.4) is 0 Å². The number of nitrogens with zero attached hydrogens (tertiary/aromatic N) is 1. The van der Waals surface area contributed by atoms with Gasteiger partial charge in [-0.05, 0) is 34.3 Å². The number of benzene rings is 3. The summed E-state index contributed by atoms with van der Waals surface area (Å²) in [4.78, 5) is 40.5. The Labute approximate surface area is 256 Å². The van der Waals surface area contributed by atoms with Crippen molar-refractivity contribution in [3.05, 3.63) is 134 Å². The van der Waals surface area contributed by atoms with E-state index in [9.17, 15) is 27.6 Å². The summed E-state index contributed by atoms with van der Waals surface area (Å²) in [6, 6.07) is 19.6. The molecule has 1 saturated heterocycles. The summed E-state index contributed by atoms with van der Waals surface area (Å²) in [6.07, 6.45) is 0.875. The Hall–Kier alpha value is -3.84. The topological polar surface area (TPSA) is 89.7 Å². The molecule has 4 aromatic rings. The van der Waals surface area contributed by atoms with Crippen molar-refractivity contribution in [2.45, 2.75) is 21.7 Å². The molecule has 218 valence electrons. The number of nitrogens with two attached hydrogens (primary N) is 1. The second-order valence-corrected chi connectivity index (χ2v) is 13.0. The third-order valence-electron chi connectivity index (χ3n) is 6.95. The van der Waals surface area contributed by atoms with Crippen molar-refractivity contribution in [1.82, 2.24) is 4.90 Å². The maximum atomic E-state index is 14.4. The van der Waals surface area contributed by atoms with Gasteiger partial charge < -0.3 is 10.5 Å². The van der Waals surface area contributed by atoms with E-state index in [0.717, 1.165) is 34.2 Å². The Morgan fingerprint density at radius 1 is 1.00 bits per heavy atom. The van der Waals surface area contributed by atoms with Crippen LogP contribution in [0.25, 0.3) is 10.1 Å². The van der Waals surface area contributed by atoms with Gasteiger partial charge in [0.05, 0.1) is 8.91 Å². The van der Waals surface area contributed by atoms with Gasteiger partial charge in [0.1, 0.15) is 17.1 Å². The van der Waals surface area contributed by atoms with Crippen LogP contribution >= 0.6 is 34.9 Å². The average molecular weight is 639 g/mol. The van der Waals surface area contributed by atoms with Crippen molar-refractivity contribution < 1.29 is 27.5 Å². The SMILES string of the molecule is N[C@@H]1C(=O)N2C(C(=O)OC(c3ccccc3)c3ccccc3)=C(C=CSc3cc(=O)c4cc(F)c(F)c(F)c4s3)CS[C@@H]12. The van der Waals surface area contributed by atoms with E-state index in [-0.39, 0.29) is 15.8 Å². The quantitative estimate of drug-likeness (QED) is 0.113. The van der Waals surface area contributed by atoms with Gasteiger partial charge in [-0.15, -0.1) is 23.1 Å². The molecule has 2 N–H and O–H groups in total. The van der Waals surface area contributed by atoms with Gasteiger partial charge in [-0.3, -0.25) is 14.5 Å². The van der Waals surface area contributed by atoms with Crippen molar-refractivity contribution in [3.63, 3.8) is 0 Å². The van der Waals surface area contributed by atoms with E-state index < -0.39 is 52.3 Å². The Morgan fingerprint density at radius 2 is 1.65 bits per heavy atom. The fraction of sp³-hybridized carbons (Fsp3) is 0.129. The lowest BCUT2D eigenvalue weighted by Gasteiger charge is -2.48. The first-order valence-electron chi connectivity index (χ1n) is 12.9. The van der Waals surface area contributed by atoms with E-state index in [1.54, 1.807) is 11.5 Å². The fourth-order valence-corrected chi connectivity index (χ4v) is 8.05. The number of carbonyl (C=O) groups excluding carboxylic acids is 2. The molecule has 0 unspecified atom stereocenters. The first-order chi connectivity index (χ1) is 20.7. The van der Waals surface area contributed by atoms with Crippen LogP contribution in [0.4, 0.5) is 13.2 Å². The Bertz CT molecular complexity index is 1830. The van der Waals surface area contributed by atoms with Crippen molar-refractivity contribution >= 4 is 56.8 Å². The Kier molecular flexibility index (Phi) is 8.19. The highest BCUT2D eigenvalue weighted by Crippen LogP contribution is 2.41. The van der Waals surface area contributed by atoms with Crippen LogP contribution < -0.4 is 11.2 Å². The minimum absolute atomic E-state index is 0.0689. The predicted octanol–water partition coefficient (Wildman–Crippen LogP) is 6.11. The molecule has 0 radical (unpaired) electrons. The number of esters is 1. The molecule has 43 heavy (non-hydrogen) atoms. The molecular formula is C31H21F3N2O4S3. The monoisotopic (exact) mass is 638 g/mol. The summed E-state index contributed by atoms with van der Waals surface area (Å²) >= 11 is 3.23. The van der Waals surface area contributed by atoms with Gasteiger partial charge in [0.15, 0.2) is 29.0 Å². The van der Waals surface area contributed by atoms with Crippen LogP contribution in [0.5, 0.6) is 0 Å². The number of rotatable bonds is 7. The summed E-state index contributed by atoms with van der Waals surface area (Å²) in [7, 11) is 0. The third kappa shape index (κ3) is 5.51. The number of β-lactam (4-membered cyclic amide) rings is 1. The average Bonchev–Trinajstić information content (AvgIpc) is 3.03. The third-order valence-corrected chi connectivity index (χ3v) is 10.4. The first kappa shape index (κ1) is 29.2. The minimum Gasteiger partial charge on any atom is -0.448 e. The smallest absolute Gasteiger partial charge is 0.356 e. The molecule has 0 spiro atoms. The number of carbonyl (C=O) groups is 2. The molecule has 2 aliphatic heterocycles. The number of fused-ring (bicyclic) bond motifs is 2. The number of thioether (sulfide) groups is 2. The molecule has 1 aromatic heterocycles. The second-order valence-electron chi connectivity index (χ2n) is 9.63. The Morgan fingerprint density at radius 3 is 2.30 bits per heavy atom. The molecular weight excluding hydrogens is 618 g/mol. The first-order valence-corrected chi connectivity index (χ1v) is 15.7. The molecule has 3 aromatic carbocycles. The van der Waals surface area contributed by atoms with Crippen LogP contribution in [0.15, 0.2) is 105 Å². The van der Waals surface area contributed by atoms with Gasteiger partial charge in [-0.25, -0.2) is 18.0 Å². The van der Waals surface area contributed by atoms with Crippen molar-refractivity contribution in [2.24, 2.45) is 5.73 Å². The Balaban J connectivity index is 1.33. The van der Waals surface area contributed by atoms with Gasteiger partial charge in [0.2, 0.25) is 5.91 Å². The van der Waals surface area contributed by atoms with Crippen LogP contribution in [0.2, 0.25) is 0 Å². The number of allylic oxidation sites excluding steroid dienone is 1. The molecule has 6 nitrogen and oxygen atoms in total. The van der Waals surface area contributed by atoms with Crippen LogP contribution in [0, 0.1) is 17.5 Å². The zero-order valence-electron chi connectivity index (χ0n) is 22.0.